The van der Waals surface area contributed by atoms with Crippen molar-refractivity contribution in [1.82, 2.24) is 9.80 Å². The van der Waals surface area contributed by atoms with Crippen LogP contribution in [0.4, 0.5) is 5.69 Å². The third-order valence-electron chi connectivity index (χ3n) is 6.31. The summed E-state index contributed by atoms with van der Waals surface area (Å²) in [4.78, 5) is 20.0. The van der Waals surface area contributed by atoms with E-state index < -0.39 is 0 Å². The second kappa shape index (κ2) is 8.36. The Morgan fingerprint density at radius 3 is 2.63 bits per heavy atom. The minimum atomic E-state index is 0.0792. The van der Waals surface area contributed by atoms with Gasteiger partial charge in [-0.15, -0.1) is 0 Å². The molecule has 0 bridgehead atoms. The highest BCUT2D eigenvalue weighted by Crippen LogP contribution is 2.33. The lowest BCUT2D eigenvalue weighted by molar-refractivity contribution is 0.0563. The molecule has 0 spiro atoms. The van der Waals surface area contributed by atoms with Gasteiger partial charge in [0.05, 0.1) is 0 Å². The number of carbonyl (C=O) groups excluding carboxylic acids is 1. The summed E-state index contributed by atoms with van der Waals surface area (Å²) in [6.45, 7) is 5.78. The lowest BCUT2D eigenvalue weighted by Gasteiger charge is -2.44. The summed E-state index contributed by atoms with van der Waals surface area (Å²) in [7, 11) is 0. The van der Waals surface area contributed by atoms with Crippen molar-refractivity contribution >= 4 is 23.2 Å². The van der Waals surface area contributed by atoms with Crippen LogP contribution in [-0.4, -0.2) is 67.8 Å². The van der Waals surface area contributed by atoms with Gasteiger partial charge in [-0.05, 0) is 49.2 Å². The van der Waals surface area contributed by atoms with E-state index in [-0.39, 0.29) is 12.7 Å². The number of piperidine rings is 1. The predicted octanol–water partition coefficient (Wildman–Crippen LogP) is 3.50. The normalized spacial score (nSPS) is 21.7. The van der Waals surface area contributed by atoms with Gasteiger partial charge >= 0.3 is 0 Å². The molecule has 7 heteroatoms. The van der Waals surface area contributed by atoms with Gasteiger partial charge in [-0.3, -0.25) is 9.69 Å². The number of piperazine rings is 1. The number of ether oxygens (including phenoxy) is 2. The molecule has 2 aromatic rings. The first-order chi connectivity index (χ1) is 14.7. The highest BCUT2D eigenvalue weighted by atomic mass is 35.5. The first-order valence-corrected chi connectivity index (χ1v) is 11.0. The summed E-state index contributed by atoms with van der Waals surface area (Å²) in [6, 6.07) is 13.9. The molecule has 5 rings (SSSR count). The van der Waals surface area contributed by atoms with Crippen molar-refractivity contribution in [3.05, 3.63) is 53.1 Å². The molecule has 1 atom stereocenters. The van der Waals surface area contributed by atoms with E-state index in [1.807, 2.05) is 35.2 Å². The predicted molar refractivity (Wildman–Crippen MR) is 117 cm³/mol. The van der Waals surface area contributed by atoms with Crippen molar-refractivity contribution in [3.8, 4) is 11.5 Å². The van der Waals surface area contributed by atoms with Gasteiger partial charge in [0.1, 0.15) is 0 Å². The molecule has 1 unspecified atom stereocenters. The average molecular weight is 428 g/mol. The molecule has 0 radical (unpaired) electrons. The number of rotatable bonds is 3. The third kappa shape index (κ3) is 3.94. The zero-order valence-corrected chi connectivity index (χ0v) is 17.7. The topological polar surface area (TPSA) is 45.3 Å². The third-order valence-corrected chi connectivity index (χ3v) is 6.54. The number of amides is 1. The Bertz CT molecular complexity index is 930. The number of hydrogen-bond donors (Lipinski definition) is 0. The molecule has 6 nitrogen and oxygen atoms in total. The molecule has 0 aliphatic carbocycles. The van der Waals surface area contributed by atoms with Crippen molar-refractivity contribution in [3.63, 3.8) is 0 Å². The molecule has 158 valence electrons. The Labute approximate surface area is 181 Å². The first kappa shape index (κ1) is 19.5. The SMILES string of the molecule is O=C(c1ccc2c(c1)OCO2)N1CCCC(N2CCN(c3cccc(Cl)c3)CC2)C1. The Morgan fingerprint density at radius 1 is 0.967 bits per heavy atom. The average Bonchev–Trinajstić information content (AvgIpc) is 3.27. The van der Waals surface area contributed by atoms with Crippen LogP contribution >= 0.6 is 11.6 Å². The van der Waals surface area contributed by atoms with Crippen LogP contribution in [0, 0.1) is 0 Å². The summed E-state index contributed by atoms with van der Waals surface area (Å²) in [6.07, 6.45) is 2.18. The molecule has 1 amide bonds. The monoisotopic (exact) mass is 427 g/mol. The van der Waals surface area contributed by atoms with Crippen LogP contribution in [0.2, 0.25) is 5.02 Å². The summed E-state index contributed by atoms with van der Waals surface area (Å²) in [5, 5.41) is 0.778. The van der Waals surface area contributed by atoms with E-state index in [9.17, 15) is 4.79 Å². The largest absolute Gasteiger partial charge is 0.454 e. The smallest absolute Gasteiger partial charge is 0.254 e. The van der Waals surface area contributed by atoms with Gasteiger partial charge in [-0.1, -0.05) is 17.7 Å². The molecule has 2 saturated heterocycles. The minimum Gasteiger partial charge on any atom is -0.454 e. The van der Waals surface area contributed by atoms with E-state index in [4.69, 9.17) is 21.1 Å². The molecule has 0 N–H and O–H groups in total. The van der Waals surface area contributed by atoms with E-state index >= 15 is 0 Å². The zero-order valence-electron chi connectivity index (χ0n) is 16.9. The molecule has 3 aliphatic heterocycles. The van der Waals surface area contributed by atoms with Crippen molar-refractivity contribution in [2.45, 2.75) is 18.9 Å². The highest BCUT2D eigenvalue weighted by Gasteiger charge is 2.31. The van der Waals surface area contributed by atoms with Gasteiger partial charge in [0, 0.05) is 61.6 Å². The summed E-state index contributed by atoms with van der Waals surface area (Å²) >= 11 is 6.15. The van der Waals surface area contributed by atoms with E-state index in [1.54, 1.807) is 6.07 Å². The van der Waals surface area contributed by atoms with Crippen molar-refractivity contribution < 1.29 is 14.3 Å². The Hall–Kier alpha value is -2.44. The maximum absolute atomic E-state index is 13.1. The first-order valence-electron chi connectivity index (χ1n) is 10.6. The Morgan fingerprint density at radius 2 is 1.80 bits per heavy atom. The molecule has 0 saturated carbocycles. The van der Waals surface area contributed by atoms with Crippen LogP contribution in [0.3, 0.4) is 0 Å². The summed E-state index contributed by atoms with van der Waals surface area (Å²) in [5.74, 6) is 1.45. The number of anilines is 1. The molecule has 0 aromatic heterocycles. The van der Waals surface area contributed by atoms with Crippen LogP contribution in [-0.2, 0) is 0 Å². The number of fused-ring (bicyclic) bond motifs is 1. The summed E-state index contributed by atoms with van der Waals surface area (Å²) in [5.41, 5.74) is 1.86. The quantitative estimate of drug-likeness (QED) is 0.750. The minimum absolute atomic E-state index is 0.0792. The maximum atomic E-state index is 13.1. The van der Waals surface area contributed by atoms with Gasteiger partial charge in [0.25, 0.3) is 5.91 Å². The lowest BCUT2D eigenvalue weighted by Crippen LogP contribution is -2.55. The van der Waals surface area contributed by atoms with E-state index in [1.165, 1.54) is 5.69 Å². The van der Waals surface area contributed by atoms with E-state index in [2.05, 4.69) is 15.9 Å². The molecular weight excluding hydrogens is 402 g/mol. The van der Waals surface area contributed by atoms with Gasteiger partial charge in [0.2, 0.25) is 6.79 Å². The van der Waals surface area contributed by atoms with E-state index in [0.717, 1.165) is 57.1 Å². The Balaban J connectivity index is 1.20. The number of likely N-dealkylation sites (tertiary alicyclic amines) is 1. The Kier molecular flexibility index (Phi) is 5.44. The molecule has 3 heterocycles. The van der Waals surface area contributed by atoms with Gasteiger partial charge in [-0.25, -0.2) is 0 Å². The zero-order chi connectivity index (χ0) is 20.5. The second-order valence-corrected chi connectivity index (χ2v) is 8.55. The number of nitrogens with zero attached hydrogens (tertiary/aromatic N) is 3. The van der Waals surface area contributed by atoms with Crippen LogP contribution in [0.5, 0.6) is 11.5 Å². The van der Waals surface area contributed by atoms with Gasteiger partial charge in [-0.2, -0.15) is 0 Å². The summed E-state index contributed by atoms with van der Waals surface area (Å²) < 4.78 is 10.8. The van der Waals surface area contributed by atoms with Crippen molar-refractivity contribution in [2.75, 3.05) is 51.0 Å². The molecular formula is C23H26ClN3O3. The van der Waals surface area contributed by atoms with Crippen LogP contribution < -0.4 is 14.4 Å². The fourth-order valence-electron chi connectivity index (χ4n) is 4.67. The van der Waals surface area contributed by atoms with Crippen LogP contribution in [0.1, 0.15) is 23.2 Å². The van der Waals surface area contributed by atoms with Gasteiger partial charge in [0.15, 0.2) is 11.5 Å². The highest BCUT2D eigenvalue weighted by molar-refractivity contribution is 6.30. The van der Waals surface area contributed by atoms with Crippen molar-refractivity contribution in [2.24, 2.45) is 0 Å². The number of hydrogen-bond acceptors (Lipinski definition) is 5. The lowest BCUT2D eigenvalue weighted by atomic mass is 10.0. The second-order valence-electron chi connectivity index (χ2n) is 8.12. The maximum Gasteiger partial charge on any atom is 0.254 e. The number of halogens is 1. The van der Waals surface area contributed by atoms with Gasteiger partial charge < -0.3 is 19.3 Å². The standard InChI is InChI=1S/C23H26ClN3O3/c24-18-3-1-4-19(14-18)25-9-11-26(12-10-25)20-5-2-8-27(15-20)23(28)17-6-7-21-22(13-17)30-16-29-21/h1,3-4,6-7,13-14,20H,2,5,8-12,15-16H2. The van der Waals surface area contributed by atoms with Crippen molar-refractivity contribution in [1.29, 1.82) is 0 Å². The van der Waals surface area contributed by atoms with E-state index in [0.29, 0.717) is 23.1 Å². The molecule has 3 aliphatic rings. The van der Waals surface area contributed by atoms with Crippen LogP contribution in [0.25, 0.3) is 0 Å². The number of benzene rings is 2. The number of carbonyl (C=O) groups is 1. The van der Waals surface area contributed by atoms with Crippen LogP contribution in [0.15, 0.2) is 42.5 Å². The fraction of sp³-hybridized carbons (Fsp3) is 0.435. The molecule has 2 fully saturated rings. The molecule has 30 heavy (non-hydrogen) atoms. The molecule has 2 aromatic carbocycles. The fourth-order valence-corrected chi connectivity index (χ4v) is 4.85.